The normalized spacial score (nSPS) is 23.3. The van der Waals surface area contributed by atoms with Crippen molar-refractivity contribution in [3.63, 3.8) is 0 Å². The summed E-state index contributed by atoms with van der Waals surface area (Å²) in [6, 6.07) is 3.80. The van der Waals surface area contributed by atoms with E-state index in [1.165, 1.54) is 11.8 Å². The number of rotatable bonds is 1. The molecular formula is C15H16ClN3O2S. The van der Waals surface area contributed by atoms with Gasteiger partial charge in [-0.15, -0.1) is 0 Å². The average molecular weight is 338 g/mol. The first-order valence-electron chi connectivity index (χ1n) is 6.96. The first-order valence-corrected chi connectivity index (χ1v) is 8.22. The van der Waals surface area contributed by atoms with Crippen LogP contribution in [0, 0.1) is 0 Å². The summed E-state index contributed by atoms with van der Waals surface area (Å²) in [7, 11) is 0. The summed E-state index contributed by atoms with van der Waals surface area (Å²) in [5.74, 6) is -0.0293. The summed E-state index contributed by atoms with van der Waals surface area (Å²) in [4.78, 5) is 23.2. The van der Waals surface area contributed by atoms with Gasteiger partial charge in [-0.3, -0.25) is 9.59 Å². The van der Waals surface area contributed by atoms with Gasteiger partial charge in [-0.1, -0.05) is 37.2 Å². The summed E-state index contributed by atoms with van der Waals surface area (Å²) in [5.41, 5.74) is 5.50. The molecule has 22 heavy (non-hydrogen) atoms. The molecule has 116 valence electrons. The van der Waals surface area contributed by atoms with E-state index in [9.17, 15) is 9.59 Å². The van der Waals surface area contributed by atoms with E-state index < -0.39 is 0 Å². The van der Waals surface area contributed by atoms with Gasteiger partial charge in [0.1, 0.15) is 0 Å². The Balaban J connectivity index is 2.12. The molecule has 7 heteroatoms. The lowest BCUT2D eigenvalue weighted by molar-refractivity contribution is -0.117. The van der Waals surface area contributed by atoms with E-state index in [-0.39, 0.29) is 21.8 Å². The third-order valence-electron chi connectivity index (χ3n) is 3.92. The number of nitrogens with one attached hydrogen (secondary N) is 2. The van der Waals surface area contributed by atoms with Gasteiger partial charge < -0.3 is 5.32 Å². The zero-order valence-corrected chi connectivity index (χ0v) is 14.1. The van der Waals surface area contributed by atoms with E-state index >= 15 is 0 Å². The molecule has 1 atom stereocenters. The lowest BCUT2D eigenvalue weighted by Gasteiger charge is -2.33. The number of nitrogens with zero attached hydrogens (tertiary/aromatic N) is 1. The summed E-state index contributed by atoms with van der Waals surface area (Å²) in [6.07, 6.45) is 0.410. The second-order valence-electron chi connectivity index (χ2n) is 6.15. The predicted octanol–water partition coefficient (Wildman–Crippen LogP) is 3.51. The molecule has 0 radical (unpaired) electrons. The van der Waals surface area contributed by atoms with Gasteiger partial charge in [0.25, 0.3) is 5.24 Å². The number of anilines is 1. The molecule has 0 saturated carbocycles. The van der Waals surface area contributed by atoms with Crippen molar-refractivity contribution in [3.8, 4) is 0 Å². The Morgan fingerprint density at radius 1 is 1.36 bits per heavy atom. The van der Waals surface area contributed by atoms with Crippen molar-refractivity contribution >= 4 is 45.9 Å². The van der Waals surface area contributed by atoms with Gasteiger partial charge in [0, 0.05) is 17.4 Å². The van der Waals surface area contributed by atoms with Crippen molar-refractivity contribution in [1.82, 2.24) is 5.43 Å². The van der Waals surface area contributed by atoms with Crippen molar-refractivity contribution < 1.29 is 9.59 Å². The Bertz CT molecular complexity index is 715. The van der Waals surface area contributed by atoms with Gasteiger partial charge in [-0.2, -0.15) is 5.10 Å². The van der Waals surface area contributed by atoms with Gasteiger partial charge in [-0.05, 0) is 24.6 Å². The highest BCUT2D eigenvalue weighted by Crippen LogP contribution is 2.42. The zero-order valence-electron chi connectivity index (χ0n) is 12.5. The van der Waals surface area contributed by atoms with E-state index in [0.29, 0.717) is 17.1 Å². The third kappa shape index (κ3) is 2.61. The van der Waals surface area contributed by atoms with Crippen LogP contribution in [0.5, 0.6) is 0 Å². The van der Waals surface area contributed by atoms with Gasteiger partial charge in [0.15, 0.2) is 0 Å². The number of carbonyl (C=O) groups is 2. The fourth-order valence-corrected chi connectivity index (χ4v) is 3.82. The van der Waals surface area contributed by atoms with Crippen molar-refractivity contribution in [2.75, 3.05) is 5.32 Å². The largest absolute Gasteiger partial charge is 0.324 e. The Morgan fingerprint density at radius 2 is 2.09 bits per heavy atom. The summed E-state index contributed by atoms with van der Waals surface area (Å²) in [5, 5.41) is 7.29. The van der Waals surface area contributed by atoms with Crippen molar-refractivity contribution in [2.45, 2.75) is 37.9 Å². The van der Waals surface area contributed by atoms with Crippen LogP contribution in [-0.2, 0) is 10.2 Å². The molecular weight excluding hydrogens is 322 g/mol. The zero-order chi connectivity index (χ0) is 16.1. The maximum atomic E-state index is 11.8. The average Bonchev–Trinajstić information content (AvgIpc) is 2.39. The molecule has 0 unspecified atom stereocenters. The van der Waals surface area contributed by atoms with Crippen molar-refractivity contribution in [2.24, 2.45) is 5.10 Å². The number of hydrazone groups is 1. The first kappa shape index (κ1) is 15.4. The SMILES string of the molecule is C[C@H]1SC(=O)NN=C1c1cc(Cl)c2c(c1)C(C)(C)CC(=O)N2. The number of hydrogen-bond donors (Lipinski definition) is 2. The highest BCUT2D eigenvalue weighted by Gasteiger charge is 2.34. The molecule has 0 saturated heterocycles. The molecule has 1 aromatic carbocycles. The topological polar surface area (TPSA) is 70.6 Å². The molecule has 5 nitrogen and oxygen atoms in total. The molecule has 0 aliphatic carbocycles. The highest BCUT2D eigenvalue weighted by molar-refractivity contribution is 8.14. The fourth-order valence-electron chi connectivity index (χ4n) is 2.83. The monoisotopic (exact) mass is 337 g/mol. The molecule has 2 aliphatic heterocycles. The third-order valence-corrected chi connectivity index (χ3v) is 5.10. The molecule has 1 aromatic rings. The maximum Gasteiger partial charge on any atom is 0.299 e. The predicted molar refractivity (Wildman–Crippen MR) is 89.8 cm³/mol. The number of halogens is 1. The number of thioether (sulfide) groups is 1. The quantitative estimate of drug-likeness (QED) is 0.823. The number of benzene rings is 1. The second kappa shape index (κ2) is 5.28. The number of fused-ring (bicyclic) bond motifs is 1. The molecule has 2 heterocycles. The summed E-state index contributed by atoms with van der Waals surface area (Å²) >= 11 is 7.57. The van der Waals surface area contributed by atoms with Crippen LogP contribution in [0.4, 0.5) is 10.5 Å². The van der Waals surface area contributed by atoms with Gasteiger partial charge in [-0.25, -0.2) is 5.43 Å². The first-order chi connectivity index (χ1) is 10.3. The standard InChI is InChI=1S/C15H16ClN3O2S/c1-7-12(18-19-14(21)22-7)8-4-9-13(10(16)5-8)17-11(20)6-15(9,2)3/h4-5,7H,6H2,1-3H3,(H,17,20)(H,19,21)/t7-/m1/s1. The van der Waals surface area contributed by atoms with E-state index in [1.54, 1.807) is 6.07 Å². The lowest BCUT2D eigenvalue weighted by atomic mass is 9.77. The van der Waals surface area contributed by atoms with E-state index in [4.69, 9.17) is 11.6 Å². The summed E-state index contributed by atoms with van der Waals surface area (Å²) < 4.78 is 0. The second-order valence-corrected chi connectivity index (χ2v) is 7.87. The van der Waals surface area contributed by atoms with Crippen LogP contribution in [0.15, 0.2) is 17.2 Å². The number of carbonyl (C=O) groups excluding carboxylic acids is 2. The van der Waals surface area contributed by atoms with Crippen LogP contribution in [0.3, 0.4) is 0 Å². The molecule has 0 aromatic heterocycles. The summed E-state index contributed by atoms with van der Waals surface area (Å²) in [6.45, 7) is 5.98. The van der Waals surface area contributed by atoms with Crippen LogP contribution in [0.25, 0.3) is 0 Å². The number of amides is 2. The van der Waals surface area contributed by atoms with Gasteiger partial charge in [0.05, 0.1) is 21.7 Å². The highest BCUT2D eigenvalue weighted by atomic mass is 35.5. The van der Waals surface area contributed by atoms with Crippen LogP contribution >= 0.6 is 23.4 Å². The van der Waals surface area contributed by atoms with E-state index in [1.807, 2.05) is 26.8 Å². The molecule has 0 spiro atoms. The van der Waals surface area contributed by atoms with Gasteiger partial charge >= 0.3 is 0 Å². The fraction of sp³-hybridized carbons (Fsp3) is 0.400. The molecule has 0 fully saturated rings. The van der Waals surface area contributed by atoms with E-state index in [0.717, 1.165) is 16.8 Å². The minimum absolute atomic E-state index is 0.0293. The lowest BCUT2D eigenvalue weighted by Crippen LogP contribution is -2.34. The molecule has 0 bridgehead atoms. The molecule has 2 aliphatic rings. The Hall–Kier alpha value is -1.53. The number of hydrogen-bond acceptors (Lipinski definition) is 4. The molecule has 2 N–H and O–H groups in total. The Kier molecular flexibility index (Phi) is 3.69. The van der Waals surface area contributed by atoms with E-state index in [2.05, 4.69) is 15.8 Å². The molecule has 2 amide bonds. The smallest absolute Gasteiger partial charge is 0.299 e. The van der Waals surface area contributed by atoms with Gasteiger partial charge in [0.2, 0.25) is 5.91 Å². The van der Waals surface area contributed by atoms with Crippen LogP contribution in [-0.4, -0.2) is 22.1 Å². The minimum Gasteiger partial charge on any atom is -0.324 e. The Labute approximate surface area is 137 Å². The molecule has 3 rings (SSSR count). The van der Waals surface area contributed by atoms with Crippen molar-refractivity contribution in [1.29, 1.82) is 0 Å². The Morgan fingerprint density at radius 3 is 2.77 bits per heavy atom. The van der Waals surface area contributed by atoms with Crippen molar-refractivity contribution in [3.05, 3.63) is 28.3 Å². The van der Waals surface area contributed by atoms with Crippen LogP contribution in [0.1, 0.15) is 38.3 Å². The van der Waals surface area contributed by atoms with Crippen LogP contribution < -0.4 is 10.7 Å². The van der Waals surface area contributed by atoms with Crippen LogP contribution in [0.2, 0.25) is 5.02 Å². The maximum absolute atomic E-state index is 11.8. The minimum atomic E-state index is -0.299.